The van der Waals surface area contributed by atoms with Crippen LogP contribution in [0.2, 0.25) is 0 Å². The van der Waals surface area contributed by atoms with Gasteiger partial charge in [-0.2, -0.15) is 5.10 Å². The average Bonchev–Trinajstić information content (AvgIpc) is 2.37. The van der Waals surface area contributed by atoms with Crippen LogP contribution in [0.3, 0.4) is 0 Å². The van der Waals surface area contributed by atoms with Gasteiger partial charge in [0, 0.05) is 12.6 Å². The Morgan fingerprint density at radius 1 is 1.11 bits per heavy atom. The first kappa shape index (κ1) is 12.5. The predicted molar refractivity (Wildman–Crippen MR) is 70.8 cm³/mol. The van der Waals surface area contributed by atoms with Crippen molar-refractivity contribution in [3.05, 3.63) is 47.2 Å². The van der Waals surface area contributed by atoms with Crippen LogP contribution in [0.5, 0.6) is 11.6 Å². The van der Waals surface area contributed by atoms with Crippen LogP contribution in [0.1, 0.15) is 16.8 Å². The molecule has 0 saturated heterocycles. The number of rotatable bonds is 4. The maximum absolute atomic E-state index is 5.73. The summed E-state index contributed by atoms with van der Waals surface area (Å²) in [6, 6.07) is 9.83. The van der Waals surface area contributed by atoms with E-state index in [0.717, 1.165) is 22.6 Å². The summed E-state index contributed by atoms with van der Waals surface area (Å²) in [7, 11) is 1.88. The lowest BCUT2D eigenvalue weighted by atomic mass is 10.1. The SMILES string of the molecule is CNCc1ccc(Oc2cc(C)ccc2C)nn1. The van der Waals surface area contributed by atoms with Crippen LogP contribution in [-0.4, -0.2) is 17.2 Å². The Morgan fingerprint density at radius 3 is 2.61 bits per heavy atom. The molecule has 1 heterocycles. The van der Waals surface area contributed by atoms with Crippen molar-refractivity contribution in [1.29, 1.82) is 0 Å². The van der Waals surface area contributed by atoms with E-state index in [1.54, 1.807) is 0 Å². The maximum Gasteiger partial charge on any atom is 0.238 e. The summed E-state index contributed by atoms with van der Waals surface area (Å²) in [6.45, 7) is 4.75. The lowest BCUT2D eigenvalue weighted by Gasteiger charge is -2.08. The lowest BCUT2D eigenvalue weighted by Crippen LogP contribution is -2.07. The highest BCUT2D eigenvalue weighted by Crippen LogP contribution is 2.24. The van der Waals surface area contributed by atoms with Crippen molar-refractivity contribution in [2.24, 2.45) is 0 Å². The van der Waals surface area contributed by atoms with Crippen molar-refractivity contribution in [2.45, 2.75) is 20.4 Å². The molecule has 0 radical (unpaired) electrons. The molecule has 2 aromatic rings. The van der Waals surface area contributed by atoms with Gasteiger partial charge in [-0.1, -0.05) is 12.1 Å². The van der Waals surface area contributed by atoms with E-state index in [-0.39, 0.29) is 0 Å². The number of aryl methyl sites for hydroxylation is 2. The zero-order chi connectivity index (χ0) is 13.0. The fourth-order valence-electron chi connectivity index (χ4n) is 1.61. The molecular weight excluding hydrogens is 226 g/mol. The van der Waals surface area contributed by atoms with Gasteiger partial charge in [0.25, 0.3) is 0 Å². The minimum Gasteiger partial charge on any atom is -0.437 e. The summed E-state index contributed by atoms with van der Waals surface area (Å²) in [4.78, 5) is 0. The topological polar surface area (TPSA) is 47.0 Å². The molecule has 0 spiro atoms. The van der Waals surface area contributed by atoms with Gasteiger partial charge in [0.15, 0.2) is 0 Å². The van der Waals surface area contributed by atoms with Gasteiger partial charge in [-0.05, 0) is 44.2 Å². The Labute approximate surface area is 107 Å². The lowest BCUT2D eigenvalue weighted by molar-refractivity contribution is 0.450. The fraction of sp³-hybridized carbons (Fsp3) is 0.286. The largest absolute Gasteiger partial charge is 0.437 e. The zero-order valence-corrected chi connectivity index (χ0v) is 10.9. The van der Waals surface area contributed by atoms with Crippen molar-refractivity contribution >= 4 is 0 Å². The number of benzene rings is 1. The van der Waals surface area contributed by atoms with Crippen molar-refractivity contribution in [2.75, 3.05) is 7.05 Å². The van der Waals surface area contributed by atoms with E-state index in [9.17, 15) is 0 Å². The molecule has 4 nitrogen and oxygen atoms in total. The van der Waals surface area contributed by atoms with Crippen LogP contribution in [0.4, 0.5) is 0 Å². The Morgan fingerprint density at radius 2 is 1.94 bits per heavy atom. The highest BCUT2D eigenvalue weighted by atomic mass is 16.5. The maximum atomic E-state index is 5.73. The molecule has 1 N–H and O–H groups in total. The van der Waals surface area contributed by atoms with Crippen molar-refractivity contribution in [3.63, 3.8) is 0 Å². The number of ether oxygens (including phenoxy) is 1. The summed E-state index contributed by atoms with van der Waals surface area (Å²) < 4.78 is 5.73. The second kappa shape index (κ2) is 5.60. The molecule has 0 saturated carbocycles. The van der Waals surface area contributed by atoms with Gasteiger partial charge < -0.3 is 10.1 Å². The molecule has 2 rings (SSSR count). The molecule has 0 aliphatic heterocycles. The van der Waals surface area contributed by atoms with E-state index in [2.05, 4.69) is 21.6 Å². The molecule has 0 fully saturated rings. The molecule has 0 aliphatic rings. The number of nitrogens with one attached hydrogen (secondary N) is 1. The van der Waals surface area contributed by atoms with Gasteiger partial charge in [0.2, 0.25) is 5.88 Å². The van der Waals surface area contributed by atoms with E-state index < -0.39 is 0 Å². The molecule has 0 atom stereocenters. The van der Waals surface area contributed by atoms with Gasteiger partial charge >= 0.3 is 0 Å². The summed E-state index contributed by atoms with van der Waals surface area (Å²) >= 11 is 0. The molecule has 4 heteroatoms. The minimum absolute atomic E-state index is 0.517. The fourth-order valence-corrected chi connectivity index (χ4v) is 1.61. The summed E-state index contributed by atoms with van der Waals surface area (Å²) in [6.07, 6.45) is 0. The molecule has 0 bridgehead atoms. The van der Waals surface area contributed by atoms with Crippen molar-refractivity contribution in [3.8, 4) is 11.6 Å². The van der Waals surface area contributed by atoms with Crippen LogP contribution in [0, 0.1) is 13.8 Å². The highest BCUT2D eigenvalue weighted by Gasteiger charge is 2.03. The number of nitrogens with zero attached hydrogens (tertiary/aromatic N) is 2. The van der Waals surface area contributed by atoms with Crippen molar-refractivity contribution < 1.29 is 4.74 Å². The second-order valence-corrected chi connectivity index (χ2v) is 4.26. The first-order valence-electron chi connectivity index (χ1n) is 5.91. The number of aromatic nitrogens is 2. The average molecular weight is 243 g/mol. The smallest absolute Gasteiger partial charge is 0.238 e. The molecule has 0 amide bonds. The molecule has 0 unspecified atom stereocenters. The number of hydrogen-bond acceptors (Lipinski definition) is 4. The Bertz CT molecular complexity index is 523. The predicted octanol–water partition coefficient (Wildman–Crippen LogP) is 2.61. The third-order valence-corrected chi connectivity index (χ3v) is 2.61. The van der Waals surface area contributed by atoms with Gasteiger partial charge in [0.05, 0.1) is 5.69 Å². The third-order valence-electron chi connectivity index (χ3n) is 2.61. The minimum atomic E-state index is 0.517. The second-order valence-electron chi connectivity index (χ2n) is 4.26. The van der Waals surface area contributed by atoms with E-state index >= 15 is 0 Å². The summed E-state index contributed by atoms with van der Waals surface area (Å²) in [5, 5.41) is 11.2. The molecule has 1 aromatic carbocycles. The van der Waals surface area contributed by atoms with E-state index in [0.29, 0.717) is 12.4 Å². The standard InChI is InChI=1S/C14H17N3O/c1-10-4-5-11(2)13(8-10)18-14-7-6-12(9-15-3)16-17-14/h4-8,15H,9H2,1-3H3. The van der Waals surface area contributed by atoms with Gasteiger partial charge in [0.1, 0.15) is 5.75 Å². The molecule has 0 aliphatic carbocycles. The van der Waals surface area contributed by atoms with Crippen molar-refractivity contribution in [1.82, 2.24) is 15.5 Å². The van der Waals surface area contributed by atoms with Gasteiger partial charge in [-0.25, -0.2) is 0 Å². The molecule has 94 valence electrons. The Hall–Kier alpha value is -1.94. The van der Waals surface area contributed by atoms with E-state index in [1.165, 1.54) is 0 Å². The monoisotopic (exact) mass is 243 g/mol. The Balaban J connectivity index is 2.15. The summed E-state index contributed by atoms with van der Waals surface area (Å²) in [5.74, 6) is 1.34. The van der Waals surface area contributed by atoms with Crippen LogP contribution < -0.4 is 10.1 Å². The normalized spacial score (nSPS) is 10.4. The van der Waals surface area contributed by atoms with E-state index in [1.807, 2.05) is 45.2 Å². The zero-order valence-electron chi connectivity index (χ0n) is 10.9. The Kier molecular flexibility index (Phi) is 3.89. The third kappa shape index (κ3) is 3.05. The molecular formula is C14H17N3O. The van der Waals surface area contributed by atoms with E-state index in [4.69, 9.17) is 4.74 Å². The van der Waals surface area contributed by atoms with Crippen LogP contribution in [-0.2, 0) is 6.54 Å². The van der Waals surface area contributed by atoms with Crippen LogP contribution in [0.25, 0.3) is 0 Å². The van der Waals surface area contributed by atoms with Gasteiger partial charge in [-0.3, -0.25) is 0 Å². The first-order chi connectivity index (χ1) is 8.69. The highest BCUT2D eigenvalue weighted by molar-refractivity contribution is 5.38. The van der Waals surface area contributed by atoms with Gasteiger partial charge in [-0.15, -0.1) is 5.10 Å². The quantitative estimate of drug-likeness (QED) is 0.896. The first-order valence-corrected chi connectivity index (χ1v) is 5.91. The van der Waals surface area contributed by atoms with Crippen LogP contribution in [0.15, 0.2) is 30.3 Å². The molecule has 1 aromatic heterocycles. The van der Waals surface area contributed by atoms with Crippen LogP contribution >= 0.6 is 0 Å². The summed E-state index contributed by atoms with van der Waals surface area (Å²) in [5.41, 5.74) is 3.14. The molecule has 18 heavy (non-hydrogen) atoms. The number of hydrogen-bond donors (Lipinski definition) is 1.